The van der Waals surface area contributed by atoms with Gasteiger partial charge in [0.2, 0.25) is 0 Å². The van der Waals surface area contributed by atoms with Crippen LogP contribution in [-0.2, 0) is 0 Å². The average Bonchev–Trinajstić information content (AvgIpc) is 3.38. The molecule has 1 saturated carbocycles. The Balaban J connectivity index is 1.15. The zero-order valence-corrected chi connectivity index (χ0v) is 24.1. The maximum absolute atomic E-state index is 15.8. The Morgan fingerprint density at radius 3 is 2.40 bits per heavy atom. The van der Waals surface area contributed by atoms with Crippen LogP contribution in [0.25, 0.3) is 0 Å². The van der Waals surface area contributed by atoms with Crippen LogP contribution in [0.3, 0.4) is 0 Å². The highest BCUT2D eigenvalue weighted by molar-refractivity contribution is 5.65. The van der Waals surface area contributed by atoms with Gasteiger partial charge in [-0.2, -0.15) is 5.26 Å². The van der Waals surface area contributed by atoms with Crippen LogP contribution in [0.5, 0.6) is 0 Å². The highest BCUT2D eigenvalue weighted by Gasteiger charge is 2.48. The van der Waals surface area contributed by atoms with Gasteiger partial charge < -0.3 is 15.3 Å². The van der Waals surface area contributed by atoms with Gasteiger partial charge in [-0.05, 0) is 118 Å². The van der Waals surface area contributed by atoms with Crippen molar-refractivity contribution in [2.24, 2.45) is 17.8 Å². The van der Waals surface area contributed by atoms with Gasteiger partial charge in [0.15, 0.2) is 5.67 Å². The summed E-state index contributed by atoms with van der Waals surface area (Å²) in [4.78, 5) is 18.5. The highest BCUT2D eigenvalue weighted by Crippen LogP contribution is 2.49. The van der Waals surface area contributed by atoms with Crippen molar-refractivity contribution in [1.82, 2.24) is 15.1 Å². The molecule has 6 rings (SSSR count). The Morgan fingerprint density at radius 1 is 1.05 bits per heavy atom. The average molecular weight is 578 g/mol. The summed E-state index contributed by atoms with van der Waals surface area (Å²) >= 11 is 0. The molecule has 2 N–H and O–H groups in total. The number of likely N-dealkylation sites (tertiary alicyclic amines) is 2. The van der Waals surface area contributed by atoms with Crippen molar-refractivity contribution in [3.8, 4) is 6.07 Å². The van der Waals surface area contributed by atoms with E-state index in [-0.39, 0.29) is 29.7 Å². The fraction of sp³-hybridized carbons (Fsp3) is 0.576. The molecule has 4 fully saturated rings. The Morgan fingerprint density at radius 2 is 1.79 bits per heavy atom. The van der Waals surface area contributed by atoms with E-state index < -0.39 is 11.8 Å². The highest BCUT2D eigenvalue weighted by atomic mass is 19.1. The van der Waals surface area contributed by atoms with Crippen molar-refractivity contribution in [3.05, 3.63) is 65.5 Å². The van der Waals surface area contributed by atoms with E-state index in [9.17, 15) is 14.3 Å². The second-order valence-corrected chi connectivity index (χ2v) is 12.9. The van der Waals surface area contributed by atoms with Gasteiger partial charge in [-0.15, -0.1) is 0 Å². The largest absolute Gasteiger partial charge is 0.465 e. The lowest BCUT2D eigenvalue weighted by Crippen LogP contribution is -2.64. The van der Waals surface area contributed by atoms with Crippen LogP contribution in [0, 0.1) is 34.9 Å². The summed E-state index contributed by atoms with van der Waals surface area (Å²) in [6.45, 7) is 4.67. The summed E-state index contributed by atoms with van der Waals surface area (Å²) in [5.74, 6) is 0.501. The third-order valence-electron chi connectivity index (χ3n) is 10.2. The summed E-state index contributed by atoms with van der Waals surface area (Å²) < 4.78 is 30.2. The number of hydrogen-bond donors (Lipinski definition) is 2. The lowest BCUT2D eigenvalue weighted by Gasteiger charge is -2.51. The van der Waals surface area contributed by atoms with Gasteiger partial charge in [0.25, 0.3) is 0 Å². The molecule has 9 heteroatoms. The molecule has 4 atom stereocenters. The molecular formula is C33H41F2N5O2. The van der Waals surface area contributed by atoms with E-state index in [0.717, 1.165) is 76.0 Å². The molecule has 7 nitrogen and oxygen atoms in total. The molecule has 4 aliphatic rings. The van der Waals surface area contributed by atoms with E-state index in [1.165, 1.54) is 6.07 Å². The summed E-state index contributed by atoms with van der Waals surface area (Å²) in [5.41, 5.74) is 1.27. The molecule has 1 aliphatic carbocycles. The first-order valence-electron chi connectivity index (χ1n) is 15.5. The van der Waals surface area contributed by atoms with Gasteiger partial charge in [0.05, 0.1) is 24.7 Å². The Bertz CT molecular complexity index is 1280. The standard InChI is InChI=1S/C33H41F2N5O2/c34-26-5-1-4-25(18-26)31(39-14-3-15-39)30(28-6-2-7-29(28)37-32(41)42)24-12-16-38(17-13-24)20-33(35)21-40(22-33)27-10-8-23(19-36)9-11-27/h1,4-5,8-11,18,24,28-31,37H,2-3,6-7,12-17,20-22H2,(H,41,42)/t28-,29-,30-,31+/m0/s1. The number of carbonyl (C=O) groups is 1. The van der Waals surface area contributed by atoms with Crippen LogP contribution in [0.1, 0.15) is 55.7 Å². The number of nitrogens with one attached hydrogen (secondary N) is 1. The minimum Gasteiger partial charge on any atom is -0.465 e. The molecule has 0 unspecified atom stereocenters. The topological polar surface area (TPSA) is 82.8 Å². The zero-order valence-electron chi connectivity index (χ0n) is 24.1. The maximum Gasteiger partial charge on any atom is 0.404 e. The first kappa shape index (κ1) is 28.9. The SMILES string of the molecule is N#Cc1ccc(N2CC(F)(CN3CCC([C@@H]([C@H]4CCC[C@@H]4NC(=O)O)[C@@H](c4cccc(F)c4)N4CCC4)CC3)C2)cc1. The van der Waals surface area contributed by atoms with Crippen molar-refractivity contribution in [2.75, 3.05) is 50.7 Å². The molecule has 0 radical (unpaired) electrons. The number of hydrogen-bond acceptors (Lipinski definition) is 5. The summed E-state index contributed by atoms with van der Waals surface area (Å²) in [6, 6.07) is 16.4. The van der Waals surface area contributed by atoms with Crippen LogP contribution in [0.2, 0.25) is 0 Å². The first-order chi connectivity index (χ1) is 20.3. The lowest BCUT2D eigenvalue weighted by atomic mass is 9.68. The van der Waals surface area contributed by atoms with E-state index in [1.807, 2.05) is 23.1 Å². The number of nitriles is 1. The molecule has 2 aromatic rings. The lowest BCUT2D eigenvalue weighted by molar-refractivity contribution is -0.00951. The third-order valence-corrected chi connectivity index (χ3v) is 10.2. The molecule has 3 aliphatic heterocycles. The van der Waals surface area contributed by atoms with Crippen molar-refractivity contribution >= 4 is 11.8 Å². The molecule has 42 heavy (non-hydrogen) atoms. The number of piperidine rings is 1. The van der Waals surface area contributed by atoms with Crippen molar-refractivity contribution < 1.29 is 18.7 Å². The van der Waals surface area contributed by atoms with E-state index in [2.05, 4.69) is 21.2 Å². The molecule has 2 aromatic carbocycles. The minimum atomic E-state index is -1.26. The minimum absolute atomic E-state index is 0.0484. The summed E-state index contributed by atoms with van der Waals surface area (Å²) in [7, 11) is 0. The van der Waals surface area contributed by atoms with Crippen molar-refractivity contribution in [2.45, 2.75) is 56.3 Å². The number of halogens is 2. The predicted octanol–water partition coefficient (Wildman–Crippen LogP) is 5.44. The summed E-state index contributed by atoms with van der Waals surface area (Å²) in [5, 5.41) is 21.5. The molecule has 0 spiro atoms. The fourth-order valence-corrected chi connectivity index (χ4v) is 8.18. The van der Waals surface area contributed by atoms with E-state index in [0.29, 0.717) is 31.1 Å². The van der Waals surface area contributed by atoms with Gasteiger partial charge in [-0.25, -0.2) is 13.6 Å². The van der Waals surface area contributed by atoms with Crippen LogP contribution >= 0.6 is 0 Å². The van der Waals surface area contributed by atoms with Gasteiger partial charge in [0, 0.05) is 24.3 Å². The van der Waals surface area contributed by atoms with Crippen molar-refractivity contribution in [1.29, 1.82) is 5.26 Å². The molecule has 3 heterocycles. The van der Waals surface area contributed by atoms with Crippen LogP contribution in [0.15, 0.2) is 48.5 Å². The van der Waals surface area contributed by atoms with Crippen LogP contribution < -0.4 is 10.2 Å². The van der Waals surface area contributed by atoms with E-state index >= 15 is 4.39 Å². The molecule has 224 valence electrons. The van der Waals surface area contributed by atoms with Gasteiger partial charge in [0.1, 0.15) is 5.82 Å². The number of rotatable bonds is 9. The van der Waals surface area contributed by atoms with E-state index in [1.54, 1.807) is 24.3 Å². The van der Waals surface area contributed by atoms with E-state index in [4.69, 9.17) is 5.26 Å². The molecule has 0 aromatic heterocycles. The number of alkyl halides is 1. The van der Waals surface area contributed by atoms with Crippen LogP contribution in [0.4, 0.5) is 19.3 Å². The fourth-order valence-electron chi connectivity index (χ4n) is 8.18. The Hall–Kier alpha value is -3.22. The quantitative estimate of drug-likeness (QED) is 0.413. The Kier molecular flexibility index (Phi) is 8.37. The van der Waals surface area contributed by atoms with Gasteiger partial charge in [-0.1, -0.05) is 18.6 Å². The van der Waals surface area contributed by atoms with Gasteiger partial charge >= 0.3 is 6.09 Å². The second-order valence-electron chi connectivity index (χ2n) is 12.9. The monoisotopic (exact) mass is 577 g/mol. The number of nitrogens with zero attached hydrogens (tertiary/aromatic N) is 4. The molecule has 0 bridgehead atoms. The Labute approximate surface area is 247 Å². The number of amides is 1. The first-order valence-corrected chi connectivity index (χ1v) is 15.5. The predicted molar refractivity (Wildman–Crippen MR) is 157 cm³/mol. The van der Waals surface area contributed by atoms with Gasteiger partial charge in [-0.3, -0.25) is 9.80 Å². The smallest absolute Gasteiger partial charge is 0.404 e. The number of carboxylic acid groups (broad SMARTS) is 1. The third kappa shape index (κ3) is 6.11. The number of anilines is 1. The maximum atomic E-state index is 15.8. The molecule has 3 saturated heterocycles. The normalized spacial score (nSPS) is 26.1. The van der Waals surface area contributed by atoms with Crippen molar-refractivity contribution in [3.63, 3.8) is 0 Å². The number of benzene rings is 2. The van der Waals surface area contributed by atoms with Crippen LogP contribution in [-0.4, -0.2) is 78.5 Å². The molecular weight excluding hydrogens is 536 g/mol. The second kappa shape index (κ2) is 12.2. The summed E-state index contributed by atoms with van der Waals surface area (Å²) in [6.07, 6.45) is 4.79. The molecule has 1 amide bonds. The zero-order chi connectivity index (χ0) is 29.3.